The van der Waals surface area contributed by atoms with Gasteiger partial charge in [0.15, 0.2) is 0 Å². The maximum absolute atomic E-state index is 3.99. The number of hydrogen-bond donors (Lipinski definition) is 0. The van der Waals surface area contributed by atoms with Crippen molar-refractivity contribution in [3.63, 3.8) is 0 Å². The Balaban J connectivity index is 2.59. The van der Waals surface area contributed by atoms with Crippen molar-refractivity contribution in [2.45, 2.75) is 46.0 Å². The van der Waals surface area contributed by atoms with Crippen molar-refractivity contribution in [2.75, 3.05) is 0 Å². The highest BCUT2D eigenvalue weighted by molar-refractivity contribution is 7.22. The summed E-state index contributed by atoms with van der Waals surface area (Å²) in [6.07, 6.45) is 6.84. The van der Waals surface area contributed by atoms with Crippen LogP contribution in [0, 0.1) is 11.3 Å². The average molecular weight is 184 g/mol. The van der Waals surface area contributed by atoms with Crippen LogP contribution in [-0.4, -0.2) is 0 Å². The Morgan fingerprint density at radius 3 is 2.75 bits per heavy atom. The molecule has 70 valence electrons. The molecule has 0 radical (unpaired) electrons. The second-order valence-corrected chi connectivity index (χ2v) is 5.45. The highest BCUT2D eigenvalue weighted by atomic mass is 31.0. The van der Waals surface area contributed by atoms with Crippen LogP contribution in [-0.2, 0) is 0 Å². The standard InChI is InChI=1S/C11H21P/c1-9-6-4-5-7-11(9,3)8-10(2)12/h9H,2,4-8,12H2,1,3H3. The van der Waals surface area contributed by atoms with Gasteiger partial charge in [0.1, 0.15) is 0 Å². The number of hydrogen-bond acceptors (Lipinski definition) is 0. The van der Waals surface area contributed by atoms with Gasteiger partial charge in [0.2, 0.25) is 0 Å². The van der Waals surface area contributed by atoms with E-state index >= 15 is 0 Å². The van der Waals surface area contributed by atoms with Crippen LogP contribution in [0.15, 0.2) is 11.9 Å². The Hall–Kier alpha value is 0.170. The van der Waals surface area contributed by atoms with Gasteiger partial charge in [-0.05, 0) is 24.2 Å². The van der Waals surface area contributed by atoms with E-state index in [2.05, 4.69) is 29.7 Å². The highest BCUT2D eigenvalue weighted by Crippen LogP contribution is 2.45. The van der Waals surface area contributed by atoms with Gasteiger partial charge in [-0.2, -0.15) is 0 Å². The Labute approximate surface area is 79.0 Å². The first-order valence-electron chi connectivity index (χ1n) is 4.98. The molecule has 0 nitrogen and oxygen atoms in total. The molecule has 1 heteroatoms. The third-order valence-corrected chi connectivity index (χ3v) is 3.66. The van der Waals surface area contributed by atoms with Crippen LogP contribution in [0.2, 0.25) is 0 Å². The van der Waals surface area contributed by atoms with Crippen molar-refractivity contribution in [3.8, 4) is 0 Å². The second kappa shape index (κ2) is 3.92. The first-order chi connectivity index (χ1) is 5.54. The smallest absolute Gasteiger partial charge is 0.0229 e. The molecule has 1 fully saturated rings. The predicted octanol–water partition coefficient (Wildman–Crippen LogP) is 3.98. The van der Waals surface area contributed by atoms with E-state index in [1.54, 1.807) is 0 Å². The highest BCUT2D eigenvalue weighted by Gasteiger charge is 2.32. The monoisotopic (exact) mass is 184 g/mol. The Morgan fingerprint density at radius 1 is 1.58 bits per heavy atom. The molecule has 0 N–H and O–H groups in total. The van der Waals surface area contributed by atoms with Crippen molar-refractivity contribution in [2.24, 2.45) is 11.3 Å². The van der Waals surface area contributed by atoms with Crippen molar-refractivity contribution < 1.29 is 0 Å². The average Bonchev–Trinajstić information content (AvgIpc) is 1.94. The van der Waals surface area contributed by atoms with Crippen molar-refractivity contribution in [3.05, 3.63) is 11.9 Å². The minimum absolute atomic E-state index is 0.539. The minimum Gasteiger partial charge on any atom is -0.111 e. The zero-order chi connectivity index (χ0) is 9.19. The third-order valence-electron chi connectivity index (χ3n) is 3.46. The van der Waals surface area contributed by atoms with E-state index in [1.165, 1.54) is 37.4 Å². The fourth-order valence-corrected chi connectivity index (χ4v) is 2.82. The molecule has 1 aliphatic carbocycles. The minimum atomic E-state index is 0.539. The maximum atomic E-state index is 3.99. The topological polar surface area (TPSA) is 0 Å². The van der Waals surface area contributed by atoms with E-state index in [0.29, 0.717) is 5.41 Å². The molecule has 0 amide bonds. The summed E-state index contributed by atoms with van der Waals surface area (Å²) in [6, 6.07) is 0. The molecule has 12 heavy (non-hydrogen) atoms. The van der Waals surface area contributed by atoms with E-state index in [4.69, 9.17) is 0 Å². The molecule has 0 spiro atoms. The van der Waals surface area contributed by atoms with Crippen molar-refractivity contribution >= 4 is 9.24 Å². The van der Waals surface area contributed by atoms with E-state index < -0.39 is 0 Å². The molecule has 0 aromatic heterocycles. The maximum Gasteiger partial charge on any atom is -0.0229 e. The van der Waals surface area contributed by atoms with Crippen molar-refractivity contribution in [1.82, 2.24) is 0 Å². The van der Waals surface area contributed by atoms with Crippen LogP contribution in [0.25, 0.3) is 0 Å². The summed E-state index contributed by atoms with van der Waals surface area (Å²) >= 11 is 0. The molecule has 0 aliphatic heterocycles. The molecule has 3 unspecified atom stereocenters. The van der Waals surface area contributed by atoms with Crippen LogP contribution >= 0.6 is 9.24 Å². The van der Waals surface area contributed by atoms with Gasteiger partial charge in [-0.1, -0.05) is 45.0 Å². The van der Waals surface area contributed by atoms with Gasteiger partial charge < -0.3 is 0 Å². The van der Waals surface area contributed by atoms with Crippen LogP contribution in [0.3, 0.4) is 0 Å². The van der Waals surface area contributed by atoms with Gasteiger partial charge in [0, 0.05) is 0 Å². The summed E-state index contributed by atoms with van der Waals surface area (Å²) in [5.41, 5.74) is 0.539. The molecule has 1 aliphatic rings. The number of allylic oxidation sites excluding steroid dienone is 1. The van der Waals surface area contributed by atoms with Gasteiger partial charge in [0.25, 0.3) is 0 Å². The van der Waals surface area contributed by atoms with Crippen LogP contribution in [0.4, 0.5) is 0 Å². The Kier molecular flexibility index (Phi) is 3.35. The molecule has 1 rings (SSSR count). The van der Waals surface area contributed by atoms with E-state index in [9.17, 15) is 0 Å². The normalized spacial score (nSPS) is 36.4. The Bertz CT molecular complexity index is 174. The molecule has 0 aromatic carbocycles. The van der Waals surface area contributed by atoms with Gasteiger partial charge in [-0.15, -0.1) is 9.24 Å². The summed E-state index contributed by atoms with van der Waals surface area (Å²) in [5, 5.41) is 1.27. The van der Waals surface area contributed by atoms with Crippen molar-refractivity contribution in [1.29, 1.82) is 0 Å². The second-order valence-electron chi connectivity index (χ2n) is 4.64. The van der Waals surface area contributed by atoms with E-state index in [-0.39, 0.29) is 0 Å². The lowest BCUT2D eigenvalue weighted by Crippen LogP contribution is -2.28. The molecule has 0 saturated heterocycles. The van der Waals surface area contributed by atoms with Crippen LogP contribution in [0.5, 0.6) is 0 Å². The summed E-state index contributed by atoms with van der Waals surface area (Å²) in [6.45, 7) is 8.81. The molecular weight excluding hydrogens is 163 g/mol. The summed E-state index contributed by atoms with van der Waals surface area (Å²) in [4.78, 5) is 0. The summed E-state index contributed by atoms with van der Waals surface area (Å²) < 4.78 is 0. The predicted molar refractivity (Wildman–Crippen MR) is 59.2 cm³/mol. The lowest BCUT2D eigenvalue weighted by atomic mass is 9.66. The zero-order valence-electron chi connectivity index (χ0n) is 8.40. The lowest BCUT2D eigenvalue weighted by molar-refractivity contribution is 0.132. The summed E-state index contributed by atoms with van der Waals surface area (Å²) in [5.74, 6) is 0.878. The molecule has 0 heterocycles. The number of rotatable bonds is 2. The first kappa shape index (κ1) is 10.3. The van der Waals surface area contributed by atoms with Gasteiger partial charge in [0.05, 0.1) is 0 Å². The quantitative estimate of drug-likeness (QED) is 0.569. The molecule has 3 atom stereocenters. The van der Waals surface area contributed by atoms with Gasteiger partial charge >= 0.3 is 0 Å². The lowest BCUT2D eigenvalue weighted by Gasteiger charge is -2.40. The molecular formula is C11H21P. The molecule has 0 bridgehead atoms. The molecule has 1 saturated carbocycles. The van der Waals surface area contributed by atoms with Gasteiger partial charge in [-0.3, -0.25) is 0 Å². The van der Waals surface area contributed by atoms with E-state index in [0.717, 1.165) is 5.92 Å². The third kappa shape index (κ3) is 2.33. The Morgan fingerprint density at radius 2 is 2.25 bits per heavy atom. The molecule has 0 aromatic rings. The summed E-state index contributed by atoms with van der Waals surface area (Å²) in [7, 11) is 2.75. The van der Waals surface area contributed by atoms with Crippen LogP contribution < -0.4 is 0 Å². The largest absolute Gasteiger partial charge is 0.111 e. The van der Waals surface area contributed by atoms with E-state index in [1.807, 2.05) is 0 Å². The SMILES string of the molecule is C=C(P)CC1(C)CCCCC1C. The first-order valence-corrected chi connectivity index (χ1v) is 5.55. The zero-order valence-corrected chi connectivity index (χ0v) is 9.55. The fourth-order valence-electron chi connectivity index (χ4n) is 2.36. The van der Waals surface area contributed by atoms with Gasteiger partial charge in [-0.25, -0.2) is 0 Å². The van der Waals surface area contributed by atoms with Crippen LogP contribution in [0.1, 0.15) is 46.0 Å². The fraction of sp³-hybridized carbons (Fsp3) is 0.818.